The number of nitrogens with one attached hydrogen (secondary N) is 1. The summed E-state index contributed by atoms with van der Waals surface area (Å²) in [6.45, 7) is 4.43. The maximum atomic E-state index is 12.2. The lowest BCUT2D eigenvalue weighted by Crippen LogP contribution is -2.24. The Morgan fingerprint density at radius 1 is 1.21 bits per heavy atom. The van der Waals surface area contributed by atoms with Gasteiger partial charge in [0.2, 0.25) is 5.91 Å². The summed E-state index contributed by atoms with van der Waals surface area (Å²) < 4.78 is 7.74. The lowest BCUT2D eigenvalue weighted by Gasteiger charge is -2.15. The zero-order chi connectivity index (χ0) is 20.8. The number of hydrogen-bond acceptors (Lipinski definition) is 5. The number of carbonyl (C=O) groups excluding carboxylic acids is 1. The predicted octanol–water partition coefficient (Wildman–Crippen LogP) is 4.33. The van der Waals surface area contributed by atoms with E-state index in [2.05, 4.69) is 15.5 Å². The molecule has 0 bridgehead atoms. The summed E-state index contributed by atoms with van der Waals surface area (Å²) in [6, 6.07) is 15.4. The summed E-state index contributed by atoms with van der Waals surface area (Å²) >= 11 is 7.49. The number of para-hydroxylation sites is 1. The quantitative estimate of drug-likeness (QED) is 0.539. The minimum absolute atomic E-state index is 0.0551. The van der Waals surface area contributed by atoms with Crippen molar-refractivity contribution in [3.63, 3.8) is 0 Å². The topological polar surface area (TPSA) is 69.0 Å². The first kappa shape index (κ1) is 21.2. The smallest absolute Gasteiger partial charge is 0.230 e. The number of halogens is 1. The van der Waals surface area contributed by atoms with E-state index in [9.17, 15) is 4.79 Å². The van der Waals surface area contributed by atoms with Crippen LogP contribution in [0.25, 0.3) is 0 Å². The van der Waals surface area contributed by atoms with E-state index in [0.717, 1.165) is 5.56 Å². The Bertz CT molecular complexity index is 975. The highest BCUT2D eigenvalue weighted by Gasteiger charge is 2.18. The molecule has 0 aliphatic heterocycles. The molecule has 0 radical (unpaired) electrons. The number of amides is 1. The van der Waals surface area contributed by atoms with E-state index in [1.54, 1.807) is 6.07 Å². The summed E-state index contributed by atoms with van der Waals surface area (Å²) in [7, 11) is 1.86. The van der Waals surface area contributed by atoms with Crippen LogP contribution >= 0.6 is 23.4 Å². The summed E-state index contributed by atoms with van der Waals surface area (Å²) in [4.78, 5) is 12.2. The maximum Gasteiger partial charge on any atom is 0.230 e. The van der Waals surface area contributed by atoms with Crippen molar-refractivity contribution in [1.82, 2.24) is 20.1 Å². The molecule has 29 heavy (non-hydrogen) atoms. The van der Waals surface area contributed by atoms with E-state index in [-0.39, 0.29) is 17.8 Å². The van der Waals surface area contributed by atoms with Crippen molar-refractivity contribution in [3.8, 4) is 5.75 Å². The monoisotopic (exact) mass is 430 g/mol. The molecule has 0 spiro atoms. The molecule has 0 saturated carbocycles. The Morgan fingerprint density at radius 3 is 2.66 bits per heavy atom. The van der Waals surface area contributed by atoms with Crippen molar-refractivity contribution < 1.29 is 9.53 Å². The molecule has 1 heterocycles. The number of aromatic nitrogens is 3. The highest BCUT2D eigenvalue weighted by atomic mass is 35.5. The predicted molar refractivity (Wildman–Crippen MR) is 115 cm³/mol. The fourth-order valence-corrected chi connectivity index (χ4v) is 3.61. The number of thioether (sulfide) groups is 1. The van der Waals surface area contributed by atoms with Crippen molar-refractivity contribution in [2.24, 2.45) is 7.05 Å². The molecular formula is C21H23ClN4O2S. The molecule has 1 amide bonds. The average molecular weight is 431 g/mol. The number of benzene rings is 2. The van der Waals surface area contributed by atoms with Gasteiger partial charge in [-0.3, -0.25) is 4.79 Å². The standard InChI is InChI=1S/C21H23ClN4O2S/c1-14-8-10-16(11-9-14)12-23-19(27)13-29-21-25-24-20(26(21)3)15(2)28-18-7-5-4-6-17(18)22/h4-11,15H,12-13H2,1-3H3,(H,23,27). The van der Waals surface area contributed by atoms with E-state index < -0.39 is 0 Å². The third-order valence-electron chi connectivity index (χ3n) is 4.32. The minimum atomic E-state index is -0.336. The van der Waals surface area contributed by atoms with Crippen molar-refractivity contribution in [2.75, 3.05) is 5.75 Å². The van der Waals surface area contributed by atoms with Gasteiger partial charge in [0.1, 0.15) is 5.75 Å². The van der Waals surface area contributed by atoms with Crippen LogP contribution in [0.3, 0.4) is 0 Å². The minimum Gasteiger partial charge on any atom is -0.481 e. The van der Waals surface area contributed by atoms with Crippen LogP contribution in [0.2, 0.25) is 5.02 Å². The second-order valence-corrected chi connectivity index (χ2v) is 7.99. The third-order valence-corrected chi connectivity index (χ3v) is 5.65. The van der Waals surface area contributed by atoms with E-state index >= 15 is 0 Å². The lowest BCUT2D eigenvalue weighted by molar-refractivity contribution is -0.118. The van der Waals surface area contributed by atoms with E-state index in [1.165, 1.54) is 17.3 Å². The van der Waals surface area contributed by atoms with Crippen LogP contribution in [0.5, 0.6) is 5.75 Å². The van der Waals surface area contributed by atoms with Crippen LogP contribution < -0.4 is 10.1 Å². The van der Waals surface area contributed by atoms with Crippen LogP contribution in [0.15, 0.2) is 53.7 Å². The Morgan fingerprint density at radius 2 is 1.93 bits per heavy atom. The summed E-state index contributed by atoms with van der Waals surface area (Å²) in [5, 5.41) is 12.5. The van der Waals surface area contributed by atoms with Crippen LogP contribution in [0, 0.1) is 6.92 Å². The summed E-state index contributed by atoms with van der Waals surface area (Å²) in [5.74, 6) is 1.46. The number of carbonyl (C=O) groups is 1. The molecule has 3 rings (SSSR count). The Hall–Kier alpha value is -2.51. The maximum absolute atomic E-state index is 12.2. The summed E-state index contributed by atoms with van der Waals surface area (Å²) in [6.07, 6.45) is -0.336. The Kier molecular flexibility index (Phi) is 7.17. The molecule has 0 saturated heterocycles. The first-order valence-corrected chi connectivity index (χ1v) is 10.6. The van der Waals surface area contributed by atoms with Gasteiger partial charge in [0.25, 0.3) is 0 Å². The number of hydrogen-bond donors (Lipinski definition) is 1. The highest BCUT2D eigenvalue weighted by molar-refractivity contribution is 7.99. The zero-order valence-corrected chi connectivity index (χ0v) is 18.1. The number of rotatable bonds is 8. The molecule has 6 nitrogen and oxygen atoms in total. The van der Waals surface area contributed by atoms with Crippen molar-refractivity contribution in [3.05, 3.63) is 70.5 Å². The van der Waals surface area contributed by atoms with Crippen LogP contribution in [0.1, 0.15) is 30.0 Å². The van der Waals surface area contributed by atoms with Gasteiger partial charge in [-0.2, -0.15) is 0 Å². The van der Waals surface area contributed by atoms with E-state index in [0.29, 0.717) is 28.3 Å². The number of aryl methyl sites for hydroxylation is 1. The first-order valence-electron chi connectivity index (χ1n) is 9.19. The number of nitrogens with zero attached hydrogens (tertiary/aromatic N) is 3. The van der Waals surface area contributed by atoms with Gasteiger partial charge < -0.3 is 14.6 Å². The first-order chi connectivity index (χ1) is 13.9. The van der Waals surface area contributed by atoms with Crippen LogP contribution in [-0.4, -0.2) is 26.4 Å². The molecule has 0 fully saturated rings. The highest BCUT2D eigenvalue weighted by Crippen LogP contribution is 2.28. The Balaban J connectivity index is 1.53. The molecule has 0 aliphatic rings. The molecule has 0 aliphatic carbocycles. The van der Waals surface area contributed by atoms with Gasteiger partial charge in [-0.15, -0.1) is 10.2 Å². The summed E-state index contributed by atoms with van der Waals surface area (Å²) in [5.41, 5.74) is 2.27. The van der Waals surface area contributed by atoms with Crippen molar-refractivity contribution in [1.29, 1.82) is 0 Å². The molecular weight excluding hydrogens is 408 g/mol. The normalized spacial score (nSPS) is 11.9. The molecule has 3 aromatic rings. The van der Waals surface area contributed by atoms with Gasteiger partial charge in [-0.05, 0) is 31.5 Å². The van der Waals surface area contributed by atoms with Crippen LogP contribution in [-0.2, 0) is 18.4 Å². The zero-order valence-electron chi connectivity index (χ0n) is 16.6. The molecule has 8 heteroatoms. The van der Waals surface area contributed by atoms with Gasteiger partial charge >= 0.3 is 0 Å². The molecule has 152 valence electrons. The number of ether oxygens (including phenoxy) is 1. The average Bonchev–Trinajstić information content (AvgIpc) is 3.08. The van der Waals surface area contributed by atoms with E-state index in [4.69, 9.17) is 16.3 Å². The molecule has 1 unspecified atom stereocenters. The molecule has 2 aromatic carbocycles. The van der Waals surface area contributed by atoms with Gasteiger partial charge in [0, 0.05) is 13.6 Å². The Labute approximate surface area is 179 Å². The molecule has 1 aromatic heterocycles. The van der Waals surface area contributed by atoms with Gasteiger partial charge in [0.05, 0.1) is 10.8 Å². The third kappa shape index (κ3) is 5.74. The van der Waals surface area contributed by atoms with Gasteiger partial charge in [-0.1, -0.05) is 65.3 Å². The largest absolute Gasteiger partial charge is 0.481 e. The fraction of sp³-hybridized carbons (Fsp3) is 0.286. The molecule has 1 atom stereocenters. The second kappa shape index (κ2) is 9.80. The van der Waals surface area contributed by atoms with Crippen molar-refractivity contribution in [2.45, 2.75) is 31.7 Å². The van der Waals surface area contributed by atoms with Gasteiger partial charge in [0.15, 0.2) is 17.1 Å². The van der Waals surface area contributed by atoms with Gasteiger partial charge in [-0.25, -0.2) is 0 Å². The second-order valence-electron chi connectivity index (χ2n) is 6.64. The molecule has 1 N–H and O–H groups in total. The van der Waals surface area contributed by atoms with Crippen molar-refractivity contribution >= 4 is 29.3 Å². The SMILES string of the molecule is Cc1ccc(CNC(=O)CSc2nnc(C(C)Oc3ccccc3Cl)n2C)cc1. The fourth-order valence-electron chi connectivity index (χ4n) is 2.68. The lowest BCUT2D eigenvalue weighted by atomic mass is 10.1. The van der Waals surface area contributed by atoms with Crippen LogP contribution in [0.4, 0.5) is 0 Å². The van der Waals surface area contributed by atoms with E-state index in [1.807, 2.05) is 67.9 Å².